The zero-order chi connectivity index (χ0) is 15.6. The minimum absolute atomic E-state index is 0.0678. The van der Waals surface area contributed by atoms with E-state index in [9.17, 15) is 18.0 Å². The number of hydrogen-bond acceptors (Lipinski definition) is 4. The smallest absolute Gasteiger partial charge is 0.365 e. The van der Waals surface area contributed by atoms with E-state index in [-0.39, 0.29) is 22.4 Å². The van der Waals surface area contributed by atoms with Crippen molar-refractivity contribution in [2.24, 2.45) is 5.73 Å². The van der Waals surface area contributed by atoms with Crippen LogP contribution in [0, 0.1) is 0 Å². The third kappa shape index (κ3) is 3.60. The van der Waals surface area contributed by atoms with Crippen LogP contribution in [0.15, 0.2) is 30.5 Å². The average molecular weight is 317 g/mol. The number of rotatable bonds is 3. The van der Waals surface area contributed by atoms with Crippen LogP contribution in [0.3, 0.4) is 0 Å². The fourth-order valence-corrected chi connectivity index (χ4v) is 1.68. The molecule has 3 N–H and O–H groups in total. The summed E-state index contributed by atoms with van der Waals surface area (Å²) in [6, 6.07) is 4.40. The number of primary amides is 1. The summed E-state index contributed by atoms with van der Waals surface area (Å²) in [5.41, 5.74) is 4.29. The fourth-order valence-electron chi connectivity index (χ4n) is 1.55. The largest absolute Gasteiger partial charge is 0.416 e. The lowest BCUT2D eigenvalue weighted by Gasteiger charge is -2.11. The van der Waals surface area contributed by atoms with Crippen LogP contribution < -0.4 is 11.1 Å². The van der Waals surface area contributed by atoms with Crippen molar-refractivity contribution in [3.63, 3.8) is 0 Å². The van der Waals surface area contributed by atoms with Crippen LogP contribution in [0.1, 0.15) is 15.9 Å². The molecule has 2 rings (SSSR count). The molecule has 0 aliphatic rings. The second kappa shape index (κ2) is 5.57. The number of carbonyl (C=O) groups excluding carboxylic acids is 1. The lowest BCUT2D eigenvalue weighted by Crippen LogP contribution is -2.15. The van der Waals surface area contributed by atoms with Crippen LogP contribution in [-0.2, 0) is 6.18 Å². The van der Waals surface area contributed by atoms with E-state index in [4.69, 9.17) is 17.3 Å². The van der Waals surface area contributed by atoms with Gasteiger partial charge in [-0.1, -0.05) is 6.07 Å². The number of nitrogens with zero attached hydrogens (tertiary/aromatic N) is 2. The minimum Gasteiger partial charge on any atom is -0.365 e. The second-order valence-electron chi connectivity index (χ2n) is 3.97. The van der Waals surface area contributed by atoms with Crippen molar-refractivity contribution in [1.29, 1.82) is 0 Å². The third-order valence-corrected chi connectivity index (χ3v) is 2.66. The van der Waals surface area contributed by atoms with Gasteiger partial charge in [-0.15, -0.1) is 0 Å². The van der Waals surface area contributed by atoms with Gasteiger partial charge in [0.15, 0.2) is 0 Å². The molecule has 0 fully saturated rings. The molecule has 110 valence electrons. The van der Waals surface area contributed by atoms with Crippen LogP contribution in [0.25, 0.3) is 0 Å². The van der Waals surface area contributed by atoms with Crippen molar-refractivity contribution in [3.8, 4) is 0 Å². The Bertz CT molecular complexity index is 690. The van der Waals surface area contributed by atoms with E-state index < -0.39 is 17.6 Å². The summed E-state index contributed by atoms with van der Waals surface area (Å²) < 4.78 is 37.9. The second-order valence-corrected chi connectivity index (χ2v) is 4.31. The molecule has 0 radical (unpaired) electrons. The molecule has 0 spiro atoms. The van der Waals surface area contributed by atoms with E-state index in [0.717, 1.165) is 18.3 Å². The van der Waals surface area contributed by atoms with Crippen LogP contribution in [-0.4, -0.2) is 15.9 Å². The van der Waals surface area contributed by atoms with Crippen LogP contribution >= 0.6 is 11.6 Å². The maximum absolute atomic E-state index is 12.6. The molecule has 0 aliphatic heterocycles. The highest BCUT2D eigenvalue weighted by Crippen LogP contribution is 2.31. The predicted octanol–water partition coefficient (Wildman–Crippen LogP) is 2.99. The molecule has 0 unspecified atom stereocenters. The number of nitrogens with one attached hydrogen (secondary N) is 1. The normalized spacial score (nSPS) is 11.2. The molecule has 0 saturated heterocycles. The first-order valence-corrected chi connectivity index (χ1v) is 5.92. The van der Waals surface area contributed by atoms with E-state index in [1.807, 2.05) is 0 Å². The van der Waals surface area contributed by atoms with Crippen molar-refractivity contribution >= 4 is 29.0 Å². The highest BCUT2D eigenvalue weighted by molar-refractivity contribution is 6.28. The standard InChI is InChI=1S/C12H8ClF3N4O/c13-11-18-5-8(9(17)21)10(20-11)19-7-3-1-2-6(4-7)12(14,15)16/h1-5H,(H2,17,21)(H,18,19,20). The fraction of sp³-hybridized carbons (Fsp3) is 0.0833. The summed E-state index contributed by atoms with van der Waals surface area (Å²) in [5, 5.41) is 2.40. The average Bonchev–Trinajstić information content (AvgIpc) is 2.37. The maximum atomic E-state index is 12.6. The van der Waals surface area contributed by atoms with E-state index >= 15 is 0 Å². The molecular formula is C12H8ClF3N4O. The van der Waals surface area contributed by atoms with Crippen LogP contribution in [0.5, 0.6) is 0 Å². The van der Waals surface area contributed by atoms with Gasteiger partial charge in [-0.3, -0.25) is 4.79 Å². The third-order valence-electron chi connectivity index (χ3n) is 2.48. The van der Waals surface area contributed by atoms with E-state index in [0.29, 0.717) is 0 Å². The molecule has 1 aromatic carbocycles. The summed E-state index contributed by atoms with van der Waals surface area (Å²) in [4.78, 5) is 18.6. The number of halogens is 4. The molecule has 1 amide bonds. The topological polar surface area (TPSA) is 80.9 Å². The first-order valence-electron chi connectivity index (χ1n) is 5.54. The predicted molar refractivity (Wildman–Crippen MR) is 70.3 cm³/mol. The van der Waals surface area contributed by atoms with E-state index in [1.165, 1.54) is 12.1 Å². The molecule has 0 saturated carbocycles. The maximum Gasteiger partial charge on any atom is 0.416 e. The van der Waals surface area contributed by atoms with Gasteiger partial charge >= 0.3 is 6.18 Å². The highest BCUT2D eigenvalue weighted by Gasteiger charge is 2.30. The highest BCUT2D eigenvalue weighted by atomic mass is 35.5. The minimum atomic E-state index is -4.48. The molecule has 0 atom stereocenters. The van der Waals surface area contributed by atoms with Crippen LogP contribution in [0.2, 0.25) is 5.28 Å². The molecule has 2 aromatic rings. The Morgan fingerprint density at radius 1 is 1.33 bits per heavy atom. The van der Waals surface area contributed by atoms with Crippen molar-refractivity contribution in [2.45, 2.75) is 6.18 Å². The summed E-state index contributed by atoms with van der Waals surface area (Å²) in [7, 11) is 0. The van der Waals surface area contributed by atoms with Gasteiger partial charge in [-0.2, -0.15) is 18.2 Å². The number of anilines is 2. The number of hydrogen-bond donors (Lipinski definition) is 2. The Balaban J connectivity index is 2.39. The quantitative estimate of drug-likeness (QED) is 0.853. The zero-order valence-electron chi connectivity index (χ0n) is 10.3. The number of carbonyl (C=O) groups is 1. The molecular weight excluding hydrogens is 309 g/mol. The Hall–Kier alpha value is -2.35. The van der Waals surface area contributed by atoms with Crippen LogP contribution in [0.4, 0.5) is 24.7 Å². The zero-order valence-corrected chi connectivity index (χ0v) is 11.0. The molecule has 5 nitrogen and oxygen atoms in total. The van der Waals surface area contributed by atoms with Crippen molar-refractivity contribution in [3.05, 3.63) is 46.9 Å². The summed E-state index contributed by atoms with van der Waals surface area (Å²) in [6.45, 7) is 0. The Kier molecular flexibility index (Phi) is 3.99. The van der Waals surface area contributed by atoms with Gasteiger partial charge in [0.25, 0.3) is 5.91 Å². The molecule has 9 heteroatoms. The van der Waals surface area contributed by atoms with Gasteiger partial charge < -0.3 is 11.1 Å². The molecule has 1 aromatic heterocycles. The Morgan fingerprint density at radius 2 is 2.05 bits per heavy atom. The molecule has 1 heterocycles. The molecule has 0 aliphatic carbocycles. The summed E-state index contributed by atoms with van der Waals surface area (Å²) >= 11 is 5.60. The Labute approximate surface area is 122 Å². The van der Waals surface area contributed by atoms with Crippen molar-refractivity contribution in [1.82, 2.24) is 9.97 Å². The van der Waals surface area contributed by atoms with Crippen molar-refractivity contribution in [2.75, 3.05) is 5.32 Å². The van der Waals surface area contributed by atoms with E-state index in [2.05, 4.69) is 15.3 Å². The number of nitrogens with two attached hydrogens (primary N) is 1. The lowest BCUT2D eigenvalue weighted by molar-refractivity contribution is -0.137. The molecule has 21 heavy (non-hydrogen) atoms. The summed E-state index contributed by atoms with van der Waals surface area (Å²) in [6.07, 6.45) is -3.39. The van der Waals surface area contributed by atoms with Gasteiger partial charge in [0.1, 0.15) is 11.4 Å². The summed E-state index contributed by atoms with van der Waals surface area (Å²) in [5.74, 6) is -0.900. The van der Waals surface area contributed by atoms with Gasteiger partial charge in [-0.05, 0) is 29.8 Å². The lowest BCUT2D eigenvalue weighted by atomic mass is 10.2. The number of aromatic nitrogens is 2. The van der Waals surface area contributed by atoms with Gasteiger partial charge in [0.05, 0.1) is 5.56 Å². The van der Waals surface area contributed by atoms with Gasteiger partial charge in [0.2, 0.25) is 5.28 Å². The molecule has 0 bridgehead atoms. The Morgan fingerprint density at radius 3 is 2.67 bits per heavy atom. The first kappa shape index (κ1) is 15.0. The number of amides is 1. The number of alkyl halides is 3. The number of benzene rings is 1. The SMILES string of the molecule is NC(=O)c1cnc(Cl)nc1Nc1cccc(C(F)(F)F)c1. The monoisotopic (exact) mass is 316 g/mol. The van der Waals surface area contributed by atoms with Gasteiger partial charge in [-0.25, -0.2) is 4.98 Å². The van der Waals surface area contributed by atoms with Crippen molar-refractivity contribution < 1.29 is 18.0 Å². The first-order chi connectivity index (χ1) is 9.77. The van der Waals surface area contributed by atoms with E-state index in [1.54, 1.807) is 0 Å². The van der Waals surface area contributed by atoms with Gasteiger partial charge in [0, 0.05) is 11.9 Å².